The highest BCUT2D eigenvalue weighted by atomic mass is 32.2. The van der Waals surface area contributed by atoms with Crippen molar-refractivity contribution in [2.75, 3.05) is 20.1 Å². The molecule has 1 rings (SSSR count). The van der Waals surface area contributed by atoms with Gasteiger partial charge in [-0.25, -0.2) is 21.9 Å². The average molecular weight is 264 g/mol. The summed E-state index contributed by atoms with van der Waals surface area (Å²) in [4.78, 5) is -0.277. The Morgan fingerprint density at radius 2 is 1.88 bits per heavy atom. The highest BCUT2D eigenvalue weighted by Gasteiger charge is 2.15. The van der Waals surface area contributed by atoms with Gasteiger partial charge >= 0.3 is 0 Å². The minimum absolute atomic E-state index is 0.238. The Morgan fingerprint density at radius 3 is 2.47 bits per heavy atom. The molecule has 0 heterocycles. The Balaban J connectivity index is 2.72. The lowest BCUT2D eigenvalue weighted by Gasteiger charge is -2.06. The molecule has 1 aromatic carbocycles. The Bertz CT molecular complexity index is 477. The zero-order valence-electron chi connectivity index (χ0n) is 9.33. The van der Waals surface area contributed by atoms with Crippen LogP contribution in [0.1, 0.15) is 6.42 Å². The van der Waals surface area contributed by atoms with Crippen molar-refractivity contribution in [3.8, 4) is 0 Å². The second-order valence-corrected chi connectivity index (χ2v) is 5.20. The topological polar surface area (TPSA) is 58.2 Å². The van der Waals surface area contributed by atoms with Gasteiger partial charge < -0.3 is 5.32 Å². The SMILES string of the molecule is CNCCCNS(=O)(=O)c1ccc(F)c(F)c1. The zero-order chi connectivity index (χ0) is 12.9. The molecule has 7 heteroatoms. The molecule has 0 radical (unpaired) electrons. The monoisotopic (exact) mass is 264 g/mol. The maximum absolute atomic E-state index is 12.9. The summed E-state index contributed by atoms with van der Waals surface area (Å²) in [6.07, 6.45) is 0.611. The molecule has 96 valence electrons. The highest BCUT2D eigenvalue weighted by Crippen LogP contribution is 2.13. The first-order valence-electron chi connectivity index (χ1n) is 5.06. The van der Waals surface area contributed by atoms with E-state index < -0.39 is 21.7 Å². The fourth-order valence-electron chi connectivity index (χ4n) is 1.20. The van der Waals surface area contributed by atoms with Crippen LogP contribution in [0.4, 0.5) is 8.78 Å². The first-order valence-corrected chi connectivity index (χ1v) is 6.55. The molecule has 1 aromatic rings. The van der Waals surface area contributed by atoms with E-state index in [-0.39, 0.29) is 11.4 Å². The number of hydrogen-bond acceptors (Lipinski definition) is 3. The summed E-state index contributed by atoms with van der Waals surface area (Å²) < 4.78 is 51.1. The van der Waals surface area contributed by atoms with Crippen molar-refractivity contribution in [1.82, 2.24) is 10.0 Å². The first kappa shape index (κ1) is 14.0. The maximum atomic E-state index is 12.9. The van der Waals surface area contributed by atoms with Crippen LogP contribution in [0, 0.1) is 11.6 Å². The molecule has 0 aliphatic heterocycles. The van der Waals surface area contributed by atoms with Crippen LogP contribution in [0.3, 0.4) is 0 Å². The highest BCUT2D eigenvalue weighted by molar-refractivity contribution is 7.89. The van der Waals surface area contributed by atoms with E-state index in [4.69, 9.17) is 0 Å². The largest absolute Gasteiger partial charge is 0.320 e. The van der Waals surface area contributed by atoms with Gasteiger partial charge in [-0.3, -0.25) is 0 Å². The van der Waals surface area contributed by atoms with Gasteiger partial charge in [0, 0.05) is 6.54 Å². The van der Waals surface area contributed by atoms with Gasteiger partial charge in [0.25, 0.3) is 0 Å². The third-order valence-corrected chi connectivity index (χ3v) is 3.56. The standard InChI is InChI=1S/C10H14F2N2O2S/c1-13-5-2-6-14-17(15,16)8-3-4-9(11)10(12)7-8/h3-4,7,13-14H,2,5-6H2,1H3. The molecule has 0 aliphatic carbocycles. The van der Waals surface area contributed by atoms with Crippen molar-refractivity contribution >= 4 is 10.0 Å². The van der Waals surface area contributed by atoms with Crippen LogP contribution < -0.4 is 10.0 Å². The van der Waals surface area contributed by atoms with Gasteiger partial charge in [-0.15, -0.1) is 0 Å². The van der Waals surface area contributed by atoms with Crippen LogP contribution in [0.25, 0.3) is 0 Å². The van der Waals surface area contributed by atoms with Crippen molar-refractivity contribution in [3.63, 3.8) is 0 Å². The van der Waals surface area contributed by atoms with Crippen molar-refractivity contribution < 1.29 is 17.2 Å². The molecular weight excluding hydrogens is 250 g/mol. The third-order valence-electron chi connectivity index (χ3n) is 2.10. The van der Waals surface area contributed by atoms with E-state index in [0.717, 1.165) is 12.1 Å². The normalized spacial score (nSPS) is 11.7. The van der Waals surface area contributed by atoms with E-state index >= 15 is 0 Å². The minimum atomic E-state index is -3.76. The number of sulfonamides is 1. The summed E-state index contributed by atoms with van der Waals surface area (Å²) >= 11 is 0. The summed E-state index contributed by atoms with van der Waals surface area (Å²) in [7, 11) is -2.01. The molecule has 4 nitrogen and oxygen atoms in total. The Labute approximate surface area is 99.1 Å². The molecule has 0 unspecified atom stereocenters. The summed E-state index contributed by atoms with van der Waals surface area (Å²) in [5.74, 6) is -2.25. The van der Waals surface area contributed by atoms with Gasteiger partial charge in [0.2, 0.25) is 10.0 Å². The second kappa shape index (κ2) is 6.04. The molecule has 0 aliphatic rings. The molecule has 0 saturated carbocycles. The molecule has 0 amide bonds. The summed E-state index contributed by atoms with van der Waals surface area (Å²) in [5.41, 5.74) is 0. The molecule has 0 saturated heterocycles. The number of benzene rings is 1. The number of halogens is 2. The summed E-state index contributed by atoms with van der Waals surface area (Å²) in [6, 6.07) is 2.48. The smallest absolute Gasteiger partial charge is 0.240 e. The summed E-state index contributed by atoms with van der Waals surface area (Å²) in [5, 5.41) is 2.87. The number of nitrogens with one attached hydrogen (secondary N) is 2. The number of hydrogen-bond donors (Lipinski definition) is 2. The predicted molar refractivity (Wildman–Crippen MR) is 60.1 cm³/mol. The van der Waals surface area contributed by atoms with E-state index in [1.54, 1.807) is 7.05 Å². The molecule has 0 fully saturated rings. The van der Waals surface area contributed by atoms with Crippen LogP contribution in [0.5, 0.6) is 0 Å². The van der Waals surface area contributed by atoms with E-state index in [0.29, 0.717) is 19.0 Å². The lowest BCUT2D eigenvalue weighted by molar-refractivity contribution is 0.504. The Kier molecular flexibility index (Phi) is 4.98. The Hall–Kier alpha value is -1.05. The van der Waals surface area contributed by atoms with Crippen LogP contribution in [-0.4, -0.2) is 28.6 Å². The lowest BCUT2D eigenvalue weighted by Crippen LogP contribution is -2.26. The van der Waals surface area contributed by atoms with Gasteiger partial charge in [0.1, 0.15) is 0 Å². The van der Waals surface area contributed by atoms with Crippen LogP contribution >= 0.6 is 0 Å². The van der Waals surface area contributed by atoms with E-state index in [9.17, 15) is 17.2 Å². The van der Waals surface area contributed by atoms with Gasteiger partial charge in [0.05, 0.1) is 4.90 Å². The first-order chi connectivity index (χ1) is 7.97. The van der Waals surface area contributed by atoms with E-state index in [2.05, 4.69) is 10.0 Å². The molecular formula is C10H14F2N2O2S. The van der Waals surface area contributed by atoms with Gasteiger partial charge in [-0.05, 0) is 38.2 Å². The molecule has 0 aromatic heterocycles. The zero-order valence-corrected chi connectivity index (χ0v) is 10.2. The number of rotatable bonds is 6. The van der Waals surface area contributed by atoms with E-state index in [1.807, 2.05) is 0 Å². The van der Waals surface area contributed by atoms with Crippen molar-refractivity contribution in [2.45, 2.75) is 11.3 Å². The van der Waals surface area contributed by atoms with Gasteiger partial charge in [-0.2, -0.15) is 0 Å². The van der Waals surface area contributed by atoms with Crippen molar-refractivity contribution in [3.05, 3.63) is 29.8 Å². The van der Waals surface area contributed by atoms with Crippen LogP contribution in [0.2, 0.25) is 0 Å². The fourth-order valence-corrected chi connectivity index (χ4v) is 2.28. The second-order valence-electron chi connectivity index (χ2n) is 3.43. The molecule has 0 bridgehead atoms. The molecule has 0 atom stereocenters. The average Bonchev–Trinajstić information content (AvgIpc) is 2.28. The quantitative estimate of drug-likeness (QED) is 0.749. The third kappa shape index (κ3) is 4.03. The lowest BCUT2D eigenvalue weighted by atomic mass is 10.3. The molecule has 0 spiro atoms. The van der Waals surface area contributed by atoms with Crippen LogP contribution in [0.15, 0.2) is 23.1 Å². The molecule has 17 heavy (non-hydrogen) atoms. The van der Waals surface area contributed by atoms with E-state index in [1.165, 1.54) is 0 Å². The minimum Gasteiger partial charge on any atom is -0.320 e. The van der Waals surface area contributed by atoms with Crippen molar-refractivity contribution in [2.24, 2.45) is 0 Å². The Morgan fingerprint density at radius 1 is 1.18 bits per heavy atom. The maximum Gasteiger partial charge on any atom is 0.240 e. The summed E-state index contributed by atoms with van der Waals surface area (Å²) in [6.45, 7) is 0.905. The predicted octanol–water partition coefficient (Wildman–Crippen LogP) is 0.853. The van der Waals surface area contributed by atoms with Gasteiger partial charge in [-0.1, -0.05) is 0 Å². The molecule has 2 N–H and O–H groups in total. The van der Waals surface area contributed by atoms with Crippen LogP contribution in [-0.2, 0) is 10.0 Å². The fraction of sp³-hybridized carbons (Fsp3) is 0.400. The van der Waals surface area contributed by atoms with Crippen molar-refractivity contribution in [1.29, 1.82) is 0 Å². The van der Waals surface area contributed by atoms with Gasteiger partial charge in [0.15, 0.2) is 11.6 Å².